The number of hydrogen-bond acceptors (Lipinski definition) is 4. The van der Waals surface area contributed by atoms with Gasteiger partial charge in [0.05, 0.1) is 12.2 Å². The molecule has 110 valence electrons. The van der Waals surface area contributed by atoms with Crippen LogP contribution in [0, 0.1) is 5.82 Å². The summed E-state index contributed by atoms with van der Waals surface area (Å²) in [6, 6.07) is 6.33. The first kappa shape index (κ1) is 13.8. The molecule has 3 rings (SSSR count). The van der Waals surface area contributed by atoms with Gasteiger partial charge in [-0.15, -0.1) is 0 Å². The van der Waals surface area contributed by atoms with Gasteiger partial charge in [-0.25, -0.2) is 9.37 Å². The van der Waals surface area contributed by atoms with E-state index in [9.17, 15) is 9.18 Å². The van der Waals surface area contributed by atoms with Crippen molar-refractivity contribution in [1.29, 1.82) is 0 Å². The standard InChI is InChI=1S/C15H15FN2O3/c16-11-3-1-2-10(6-11)15-17-12(9-21-15)7-18(8-14(19)20)13-4-5-13/h1-3,6,9,13H,4-5,7-8H2,(H,19,20). The van der Waals surface area contributed by atoms with Crippen LogP contribution in [-0.2, 0) is 11.3 Å². The van der Waals surface area contributed by atoms with Gasteiger partial charge in [0.1, 0.15) is 12.1 Å². The molecule has 0 spiro atoms. The van der Waals surface area contributed by atoms with Gasteiger partial charge in [0.15, 0.2) is 0 Å². The van der Waals surface area contributed by atoms with Gasteiger partial charge in [-0.3, -0.25) is 9.69 Å². The lowest BCUT2D eigenvalue weighted by Crippen LogP contribution is -2.31. The van der Waals surface area contributed by atoms with Crippen LogP contribution in [0.25, 0.3) is 11.5 Å². The molecule has 0 aliphatic heterocycles. The Hall–Kier alpha value is -2.21. The molecule has 1 N–H and O–H groups in total. The van der Waals surface area contributed by atoms with Gasteiger partial charge in [0, 0.05) is 18.2 Å². The molecule has 6 heteroatoms. The third-order valence-electron chi connectivity index (χ3n) is 3.39. The summed E-state index contributed by atoms with van der Waals surface area (Å²) in [5.41, 5.74) is 1.22. The molecular weight excluding hydrogens is 275 g/mol. The zero-order chi connectivity index (χ0) is 14.8. The van der Waals surface area contributed by atoms with Crippen molar-refractivity contribution in [3.05, 3.63) is 42.0 Å². The minimum atomic E-state index is -0.851. The molecule has 0 bridgehead atoms. The van der Waals surface area contributed by atoms with Crippen molar-refractivity contribution in [2.24, 2.45) is 0 Å². The number of carboxylic acids is 1. The molecule has 1 saturated carbocycles. The zero-order valence-electron chi connectivity index (χ0n) is 11.3. The van der Waals surface area contributed by atoms with Crippen molar-refractivity contribution in [1.82, 2.24) is 9.88 Å². The first-order valence-electron chi connectivity index (χ1n) is 6.78. The van der Waals surface area contributed by atoms with Crippen molar-refractivity contribution >= 4 is 5.97 Å². The van der Waals surface area contributed by atoms with Gasteiger partial charge < -0.3 is 9.52 Å². The number of hydrogen-bond donors (Lipinski definition) is 1. The lowest BCUT2D eigenvalue weighted by atomic mass is 10.2. The Kier molecular flexibility index (Phi) is 3.70. The van der Waals surface area contributed by atoms with Crippen LogP contribution in [0.4, 0.5) is 4.39 Å². The van der Waals surface area contributed by atoms with Crippen LogP contribution in [0.1, 0.15) is 18.5 Å². The van der Waals surface area contributed by atoms with Crippen LogP contribution < -0.4 is 0 Å². The fourth-order valence-electron chi connectivity index (χ4n) is 2.27. The summed E-state index contributed by atoms with van der Waals surface area (Å²) in [6.45, 7) is 0.419. The molecule has 0 amide bonds. The molecule has 0 atom stereocenters. The van der Waals surface area contributed by atoms with Crippen molar-refractivity contribution in [3.63, 3.8) is 0 Å². The Morgan fingerprint density at radius 3 is 2.95 bits per heavy atom. The largest absolute Gasteiger partial charge is 0.480 e. The van der Waals surface area contributed by atoms with E-state index in [0.717, 1.165) is 12.8 Å². The van der Waals surface area contributed by atoms with Gasteiger partial charge >= 0.3 is 5.97 Å². The fraction of sp³-hybridized carbons (Fsp3) is 0.333. The molecule has 0 radical (unpaired) electrons. The Labute approximate surface area is 121 Å². The Bertz CT molecular complexity index is 652. The summed E-state index contributed by atoms with van der Waals surface area (Å²) < 4.78 is 18.5. The Morgan fingerprint density at radius 1 is 1.48 bits per heavy atom. The Morgan fingerprint density at radius 2 is 2.29 bits per heavy atom. The summed E-state index contributed by atoms with van der Waals surface area (Å²) in [4.78, 5) is 17.1. The predicted molar refractivity (Wildman–Crippen MR) is 73.0 cm³/mol. The van der Waals surface area contributed by atoms with Gasteiger partial charge in [-0.1, -0.05) is 6.07 Å². The van der Waals surface area contributed by atoms with Gasteiger partial charge in [0.2, 0.25) is 5.89 Å². The number of aromatic nitrogens is 1. The second-order valence-electron chi connectivity index (χ2n) is 5.18. The van der Waals surface area contributed by atoms with E-state index in [4.69, 9.17) is 9.52 Å². The molecule has 21 heavy (non-hydrogen) atoms. The zero-order valence-corrected chi connectivity index (χ0v) is 11.3. The van der Waals surface area contributed by atoms with Crippen LogP contribution in [0.3, 0.4) is 0 Å². The quantitative estimate of drug-likeness (QED) is 0.885. The minimum Gasteiger partial charge on any atom is -0.480 e. The molecule has 2 aromatic rings. The molecule has 0 saturated heterocycles. The average Bonchev–Trinajstić information content (AvgIpc) is 3.18. The minimum absolute atomic E-state index is 0.00712. The molecule has 1 aliphatic rings. The van der Waals surface area contributed by atoms with E-state index < -0.39 is 5.97 Å². The number of halogens is 1. The first-order valence-corrected chi connectivity index (χ1v) is 6.78. The molecule has 1 heterocycles. The first-order chi connectivity index (χ1) is 10.1. The van der Waals surface area contributed by atoms with Crippen LogP contribution in [0.2, 0.25) is 0 Å². The number of nitrogens with zero attached hydrogens (tertiary/aromatic N) is 2. The topological polar surface area (TPSA) is 66.6 Å². The summed E-state index contributed by atoms with van der Waals surface area (Å²) in [5, 5.41) is 8.93. The third kappa shape index (κ3) is 3.46. The summed E-state index contributed by atoms with van der Waals surface area (Å²) >= 11 is 0. The third-order valence-corrected chi connectivity index (χ3v) is 3.39. The van der Waals surface area contributed by atoms with E-state index in [1.54, 1.807) is 12.1 Å². The highest BCUT2D eigenvalue weighted by molar-refractivity contribution is 5.69. The van der Waals surface area contributed by atoms with E-state index in [1.807, 2.05) is 4.90 Å². The van der Waals surface area contributed by atoms with E-state index >= 15 is 0 Å². The highest BCUT2D eigenvalue weighted by Gasteiger charge is 2.30. The summed E-state index contributed by atoms with van der Waals surface area (Å²) in [5.74, 6) is -0.857. The van der Waals surface area contributed by atoms with E-state index in [2.05, 4.69) is 4.98 Å². The Balaban J connectivity index is 1.73. The highest BCUT2D eigenvalue weighted by atomic mass is 19.1. The van der Waals surface area contributed by atoms with Gasteiger partial charge in [-0.2, -0.15) is 0 Å². The normalized spacial score (nSPS) is 14.6. The number of rotatable bonds is 6. The van der Waals surface area contributed by atoms with Crippen LogP contribution in [-0.4, -0.2) is 33.5 Å². The molecule has 1 aromatic carbocycles. The maximum absolute atomic E-state index is 13.2. The lowest BCUT2D eigenvalue weighted by Gasteiger charge is -2.17. The molecule has 5 nitrogen and oxygen atoms in total. The molecular formula is C15H15FN2O3. The molecule has 1 fully saturated rings. The predicted octanol–water partition coefficient (Wildman–Crippen LogP) is 2.53. The molecule has 1 aliphatic carbocycles. The van der Waals surface area contributed by atoms with E-state index in [1.165, 1.54) is 18.4 Å². The lowest BCUT2D eigenvalue weighted by molar-refractivity contribution is -0.138. The maximum atomic E-state index is 13.2. The SMILES string of the molecule is O=C(O)CN(Cc1coc(-c2cccc(F)c2)n1)C1CC1. The number of aliphatic carboxylic acids is 1. The van der Waals surface area contributed by atoms with Crippen LogP contribution in [0.15, 0.2) is 34.9 Å². The second kappa shape index (κ2) is 5.65. The maximum Gasteiger partial charge on any atom is 0.317 e. The van der Waals surface area contributed by atoms with Crippen molar-refractivity contribution in [3.8, 4) is 11.5 Å². The smallest absolute Gasteiger partial charge is 0.317 e. The monoisotopic (exact) mass is 290 g/mol. The average molecular weight is 290 g/mol. The molecule has 1 aromatic heterocycles. The van der Waals surface area contributed by atoms with Crippen LogP contribution >= 0.6 is 0 Å². The van der Waals surface area contributed by atoms with Gasteiger partial charge in [0.25, 0.3) is 0 Å². The van der Waals surface area contributed by atoms with Crippen molar-refractivity contribution in [2.75, 3.05) is 6.54 Å². The van der Waals surface area contributed by atoms with Crippen LogP contribution in [0.5, 0.6) is 0 Å². The number of carboxylic acid groups (broad SMARTS) is 1. The second-order valence-corrected chi connectivity index (χ2v) is 5.18. The van der Waals surface area contributed by atoms with Crippen molar-refractivity contribution < 1.29 is 18.7 Å². The number of benzene rings is 1. The summed E-state index contributed by atoms with van der Waals surface area (Å²) in [7, 11) is 0. The fourth-order valence-corrected chi connectivity index (χ4v) is 2.27. The van der Waals surface area contributed by atoms with E-state index in [0.29, 0.717) is 29.7 Å². The van der Waals surface area contributed by atoms with Gasteiger partial charge in [-0.05, 0) is 31.0 Å². The number of oxazole rings is 1. The highest BCUT2D eigenvalue weighted by Crippen LogP contribution is 2.28. The summed E-state index contributed by atoms with van der Waals surface area (Å²) in [6.07, 6.45) is 3.53. The van der Waals surface area contributed by atoms with Crippen molar-refractivity contribution in [2.45, 2.75) is 25.4 Å². The van der Waals surface area contributed by atoms with E-state index in [-0.39, 0.29) is 12.4 Å². The molecule has 0 unspecified atom stereocenters. The number of carbonyl (C=O) groups is 1.